The summed E-state index contributed by atoms with van der Waals surface area (Å²) >= 11 is 6.94. The Morgan fingerprint density at radius 3 is 2.48 bits per heavy atom. The van der Waals surface area contributed by atoms with Crippen LogP contribution in [0, 0.1) is 9.39 Å². The Hall–Kier alpha value is -1.54. The minimum atomic E-state index is -0.561. The van der Waals surface area contributed by atoms with Crippen molar-refractivity contribution in [3.8, 4) is 0 Å². The van der Waals surface area contributed by atoms with Crippen molar-refractivity contribution in [3.05, 3.63) is 69.0 Å². The van der Waals surface area contributed by atoms with Crippen LogP contribution in [0.15, 0.2) is 48.5 Å². The zero-order chi connectivity index (χ0) is 15.4. The molecule has 0 bridgehead atoms. The number of nitrogens with two attached hydrogens (primary N) is 1. The maximum absolute atomic E-state index is 13.1. The average molecular weight is 414 g/mol. The van der Waals surface area contributed by atoms with Gasteiger partial charge in [0, 0.05) is 3.57 Å². The number of halogens is 2. The number of benzene rings is 2. The lowest BCUT2D eigenvalue weighted by atomic mass is 10.1. The highest BCUT2D eigenvalue weighted by atomic mass is 127. The Bertz CT molecular complexity index is 679. The molecule has 21 heavy (non-hydrogen) atoms. The van der Waals surface area contributed by atoms with Crippen LogP contribution in [0.2, 0.25) is 0 Å². The first-order valence-corrected chi connectivity index (χ1v) is 7.58. The number of nitrogens with one attached hydrogen (secondary N) is 1. The molecule has 0 saturated heterocycles. The first kappa shape index (κ1) is 15.8. The molecule has 2 aromatic rings. The molecule has 1 atom stereocenters. The first-order chi connectivity index (χ1) is 9.99. The molecule has 2 aromatic carbocycles. The number of rotatable bonds is 4. The fraction of sp³-hybridized carbons (Fsp3) is 0.0667. The number of thiocarbonyl (C=S) groups is 1. The molecule has 0 saturated carbocycles. The Labute approximate surface area is 140 Å². The molecular formula is C15H12FIN2OS. The normalized spacial score (nSPS) is 11.7. The van der Waals surface area contributed by atoms with Gasteiger partial charge in [0.15, 0.2) is 0 Å². The van der Waals surface area contributed by atoms with Gasteiger partial charge in [0.05, 0.1) is 5.56 Å². The van der Waals surface area contributed by atoms with E-state index in [2.05, 4.69) is 5.32 Å². The molecule has 0 heterocycles. The van der Waals surface area contributed by atoms with E-state index in [0.717, 1.165) is 5.56 Å². The van der Waals surface area contributed by atoms with E-state index in [1.165, 1.54) is 18.2 Å². The van der Waals surface area contributed by atoms with E-state index >= 15 is 0 Å². The van der Waals surface area contributed by atoms with Crippen molar-refractivity contribution in [1.29, 1.82) is 0 Å². The summed E-state index contributed by atoms with van der Waals surface area (Å²) in [7, 11) is 0. The van der Waals surface area contributed by atoms with Gasteiger partial charge < -0.3 is 11.1 Å². The minimum Gasteiger partial charge on any atom is -0.391 e. The summed E-state index contributed by atoms with van der Waals surface area (Å²) < 4.78 is 13.6. The van der Waals surface area contributed by atoms with Crippen LogP contribution in [0.3, 0.4) is 0 Å². The van der Waals surface area contributed by atoms with Gasteiger partial charge in [0.25, 0.3) is 5.91 Å². The quantitative estimate of drug-likeness (QED) is 0.597. The summed E-state index contributed by atoms with van der Waals surface area (Å²) in [5, 5.41) is 2.78. The van der Waals surface area contributed by atoms with Crippen molar-refractivity contribution in [2.24, 2.45) is 5.73 Å². The molecule has 2 rings (SSSR count). The zero-order valence-electron chi connectivity index (χ0n) is 10.8. The summed E-state index contributed by atoms with van der Waals surface area (Å²) in [6, 6.07) is 12.6. The molecule has 108 valence electrons. The summed E-state index contributed by atoms with van der Waals surface area (Å²) in [6.07, 6.45) is 0. The van der Waals surface area contributed by atoms with Crippen molar-refractivity contribution >= 4 is 45.7 Å². The maximum atomic E-state index is 13.1. The third-order valence-corrected chi connectivity index (χ3v) is 4.00. The van der Waals surface area contributed by atoms with Gasteiger partial charge in [-0.15, -0.1) is 0 Å². The van der Waals surface area contributed by atoms with Gasteiger partial charge in [-0.2, -0.15) is 0 Å². The maximum Gasteiger partial charge on any atom is 0.253 e. The standard InChI is InChI=1S/C15H12FIN2OS/c16-10-6-7-11(12(17)8-10)15(20)19-13(14(18)21)9-4-2-1-3-5-9/h1-8,13H,(H2,18,21)(H,19,20). The molecule has 1 unspecified atom stereocenters. The summed E-state index contributed by atoms with van der Waals surface area (Å²) in [5.41, 5.74) is 6.90. The summed E-state index contributed by atoms with van der Waals surface area (Å²) in [4.78, 5) is 12.5. The zero-order valence-corrected chi connectivity index (χ0v) is 13.8. The molecular weight excluding hydrogens is 402 g/mol. The van der Waals surface area contributed by atoms with Crippen molar-refractivity contribution in [1.82, 2.24) is 5.32 Å². The summed E-state index contributed by atoms with van der Waals surface area (Å²) in [5.74, 6) is -0.731. The number of hydrogen-bond donors (Lipinski definition) is 2. The van der Waals surface area contributed by atoms with Crippen molar-refractivity contribution < 1.29 is 9.18 Å². The van der Waals surface area contributed by atoms with E-state index < -0.39 is 6.04 Å². The molecule has 0 aliphatic carbocycles. The van der Waals surface area contributed by atoms with Crippen LogP contribution in [-0.4, -0.2) is 10.9 Å². The molecule has 0 aliphatic rings. The number of hydrogen-bond acceptors (Lipinski definition) is 2. The van der Waals surface area contributed by atoms with E-state index in [0.29, 0.717) is 9.13 Å². The van der Waals surface area contributed by atoms with E-state index in [1.54, 1.807) is 0 Å². The smallest absolute Gasteiger partial charge is 0.253 e. The van der Waals surface area contributed by atoms with E-state index in [9.17, 15) is 9.18 Å². The fourth-order valence-electron chi connectivity index (χ4n) is 1.85. The second kappa shape index (κ2) is 6.95. The number of carbonyl (C=O) groups is 1. The average Bonchev–Trinajstić information content (AvgIpc) is 2.45. The highest BCUT2D eigenvalue weighted by Crippen LogP contribution is 2.17. The van der Waals surface area contributed by atoms with Crippen LogP contribution < -0.4 is 11.1 Å². The predicted molar refractivity (Wildman–Crippen MR) is 92.6 cm³/mol. The molecule has 3 N–H and O–H groups in total. The van der Waals surface area contributed by atoms with Crippen LogP contribution in [0.5, 0.6) is 0 Å². The molecule has 3 nitrogen and oxygen atoms in total. The Balaban J connectivity index is 2.25. The monoisotopic (exact) mass is 414 g/mol. The Morgan fingerprint density at radius 2 is 1.90 bits per heavy atom. The fourth-order valence-corrected chi connectivity index (χ4v) is 2.76. The molecule has 1 amide bonds. The minimum absolute atomic E-state index is 0.173. The molecule has 0 aromatic heterocycles. The number of amides is 1. The van der Waals surface area contributed by atoms with Gasteiger partial charge in [0.1, 0.15) is 16.8 Å². The van der Waals surface area contributed by atoms with Crippen LogP contribution in [0.1, 0.15) is 22.0 Å². The Morgan fingerprint density at radius 1 is 1.24 bits per heavy atom. The molecule has 0 fully saturated rings. The molecule has 0 radical (unpaired) electrons. The largest absolute Gasteiger partial charge is 0.391 e. The molecule has 0 aliphatic heterocycles. The van der Waals surface area contributed by atoms with Crippen LogP contribution in [-0.2, 0) is 0 Å². The van der Waals surface area contributed by atoms with Crippen molar-refractivity contribution in [2.75, 3.05) is 0 Å². The summed E-state index contributed by atoms with van der Waals surface area (Å²) in [6.45, 7) is 0. The lowest BCUT2D eigenvalue weighted by Gasteiger charge is -2.18. The molecule has 6 heteroatoms. The molecule has 0 spiro atoms. The topological polar surface area (TPSA) is 55.1 Å². The van der Waals surface area contributed by atoms with Crippen molar-refractivity contribution in [2.45, 2.75) is 6.04 Å². The second-order valence-corrected chi connectivity index (χ2v) is 5.98. The highest BCUT2D eigenvalue weighted by molar-refractivity contribution is 14.1. The van der Waals surface area contributed by atoms with E-state index in [1.807, 2.05) is 52.9 Å². The van der Waals surface area contributed by atoms with Gasteiger partial charge in [-0.25, -0.2) is 4.39 Å². The highest BCUT2D eigenvalue weighted by Gasteiger charge is 2.19. The number of carbonyl (C=O) groups excluding carboxylic acids is 1. The Kier molecular flexibility index (Phi) is 5.24. The third kappa shape index (κ3) is 3.98. The van der Waals surface area contributed by atoms with Gasteiger partial charge in [-0.1, -0.05) is 42.5 Å². The van der Waals surface area contributed by atoms with E-state index in [4.69, 9.17) is 18.0 Å². The second-order valence-electron chi connectivity index (χ2n) is 4.34. The SMILES string of the molecule is NC(=S)C(NC(=O)c1ccc(F)cc1I)c1ccccc1. The van der Waals surface area contributed by atoms with E-state index in [-0.39, 0.29) is 16.7 Å². The van der Waals surface area contributed by atoms with Crippen LogP contribution in [0.4, 0.5) is 4.39 Å². The third-order valence-electron chi connectivity index (χ3n) is 2.87. The van der Waals surface area contributed by atoms with Gasteiger partial charge in [0.2, 0.25) is 0 Å². The van der Waals surface area contributed by atoms with Gasteiger partial charge >= 0.3 is 0 Å². The van der Waals surface area contributed by atoms with Gasteiger partial charge in [-0.3, -0.25) is 4.79 Å². The predicted octanol–water partition coefficient (Wildman–Crippen LogP) is 3.19. The van der Waals surface area contributed by atoms with Crippen LogP contribution in [0.25, 0.3) is 0 Å². The lowest BCUT2D eigenvalue weighted by molar-refractivity contribution is 0.0946. The van der Waals surface area contributed by atoms with Crippen molar-refractivity contribution in [3.63, 3.8) is 0 Å². The lowest BCUT2D eigenvalue weighted by Crippen LogP contribution is -2.36. The van der Waals surface area contributed by atoms with Gasteiger partial charge in [-0.05, 0) is 46.4 Å². The first-order valence-electron chi connectivity index (χ1n) is 6.09. The van der Waals surface area contributed by atoms with Crippen LogP contribution >= 0.6 is 34.8 Å².